The Morgan fingerprint density at radius 2 is 1.23 bits per heavy atom. The van der Waals surface area contributed by atoms with Crippen molar-refractivity contribution in [1.29, 1.82) is 0 Å². The van der Waals surface area contributed by atoms with Crippen molar-refractivity contribution in [1.82, 2.24) is 0 Å². The zero-order valence-corrected chi connectivity index (χ0v) is 16.7. The van der Waals surface area contributed by atoms with Crippen LogP contribution in [0.1, 0.15) is 53.0 Å². The molecule has 0 saturated heterocycles. The van der Waals surface area contributed by atoms with E-state index in [0.29, 0.717) is 13.2 Å². The summed E-state index contributed by atoms with van der Waals surface area (Å²) in [6.07, 6.45) is 1.98. The Labute approximate surface area is 157 Å². The second-order valence-electron chi connectivity index (χ2n) is 7.88. The highest BCUT2D eigenvalue weighted by molar-refractivity contribution is 6.12. The lowest BCUT2D eigenvalue weighted by Crippen LogP contribution is -2.13. The molecule has 26 heavy (non-hydrogen) atoms. The quantitative estimate of drug-likeness (QED) is 0.452. The van der Waals surface area contributed by atoms with Gasteiger partial charge in [0.2, 0.25) is 0 Å². The lowest BCUT2D eigenvalue weighted by molar-refractivity contribution is 0.319. The number of rotatable bonds is 6. The summed E-state index contributed by atoms with van der Waals surface area (Å²) in [5.74, 6) is 1.97. The zero-order chi connectivity index (χ0) is 18.7. The summed E-state index contributed by atoms with van der Waals surface area (Å²) in [5.41, 5.74) is 1.32. The summed E-state index contributed by atoms with van der Waals surface area (Å²) in [5, 5.41) is 4.61. The van der Waals surface area contributed by atoms with Crippen molar-refractivity contribution in [3.63, 3.8) is 0 Å². The number of hydrogen-bond acceptors (Lipinski definition) is 2. The fourth-order valence-corrected chi connectivity index (χ4v) is 3.48. The summed E-state index contributed by atoms with van der Waals surface area (Å²) in [4.78, 5) is 0. The fraction of sp³-hybridized carbons (Fsp3) is 0.417. The van der Waals surface area contributed by atoms with Crippen molar-refractivity contribution in [2.24, 2.45) is 0 Å². The molecule has 0 aromatic heterocycles. The summed E-state index contributed by atoms with van der Waals surface area (Å²) in [6, 6.07) is 15.0. The van der Waals surface area contributed by atoms with Gasteiger partial charge >= 0.3 is 0 Å². The molecule has 0 spiro atoms. The molecule has 0 bridgehead atoms. The molecule has 0 saturated carbocycles. The minimum absolute atomic E-state index is 0.0221. The van der Waals surface area contributed by atoms with Crippen LogP contribution in [0.15, 0.2) is 42.5 Å². The first kappa shape index (κ1) is 18.6. The van der Waals surface area contributed by atoms with Crippen LogP contribution in [0.2, 0.25) is 0 Å². The van der Waals surface area contributed by atoms with Crippen LogP contribution in [-0.2, 0) is 5.41 Å². The van der Waals surface area contributed by atoms with Gasteiger partial charge in [-0.25, -0.2) is 0 Å². The van der Waals surface area contributed by atoms with Crippen LogP contribution in [-0.4, -0.2) is 13.2 Å². The maximum absolute atomic E-state index is 6.32. The van der Waals surface area contributed by atoms with E-state index in [9.17, 15) is 0 Å². The van der Waals surface area contributed by atoms with Crippen LogP contribution in [0, 0.1) is 0 Å². The molecule has 0 heterocycles. The zero-order valence-electron chi connectivity index (χ0n) is 16.7. The predicted molar refractivity (Wildman–Crippen MR) is 112 cm³/mol. The van der Waals surface area contributed by atoms with E-state index >= 15 is 0 Å². The third kappa shape index (κ3) is 3.38. The molecule has 0 fully saturated rings. The highest BCUT2D eigenvalue weighted by atomic mass is 16.5. The van der Waals surface area contributed by atoms with Crippen molar-refractivity contribution in [3.8, 4) is 11.5 Å². The van der Waals surface area contributed by atoms with Crippen molar-refractivity contribution < 1.29 is 9.47 Å². The van der Waals surface area contributed by atoms with Gasteiger partial charge in [-0.15, -0.1) is 0 Å². The largest absolute Gasteiger partial charge is 0.492 e. The minimum atomic E-state index is 0.0221. The van der Waals surface area contributed by atoms with Gasteiger partial charge in [0.05, 0.1) is 13.2 Å². The lowest BCUT2D eigenvalue weighted by atomic mass is 9.82. The van der Waals surface area contributed by atoms with E-state index in [1.54, 1.807) is 0 Å². The van der Waals surface area contributed by atoms with Gasteiger partial charge < -0.3 is 9.47 Å². The van der Waals surface area contributed by atoms with Crippen LogP contribution >= 0.6 is 0 Å². The Hall–Kier alpha value is -2.22. The van der Waals surface area contributed by atoms with Crippen LogP contribution in [0.25, 0.3) is 21.5 Å². The van der Waals surface area contributed by atoms with E-state index in [4.69, 9.17) is 9.47 Å². The van der Waals surface area contributed by atoms with Crippen molar-refractivity contribution >= 4 is 21.5 Å². The lowest BCUT2D eigenvalue weighted by Gasteiger charge is -2.25. The molecular formula is C24H30O2. The van der Waals surface area contributed by atoms with Gasteiger partial charge in [-0.2, -0.15) is 0 Å². The number of hydrogen-bond donors (Lipinski definition) is 0. The molecular weight excluding hydrogens is 320 g/mol. The molecule has 0 unspecified atom stereocenters. The highest BCUT2D eigenvalue weighted by Gasteiger charge is 2.23. The molecule has 3 aromatic carbocycles. The highest BCUT2D eigenvalue weighted by Crippen LogP contribution is 2.46. The monoisotopic (exact) mass is 350 g/mol. The van der Waals surface area contributed by atoms with E-state index in [-0.39, 0.29) is 5.41 Å². The van der Waals surface area contributed by atoms with Crippen molar-refractivity contribution in [2.45, 2.75) is 52.9 Å². The molecule has 0 aliphatic heterocycles. The summed E-state index contributed by atoms with van der Waals surface area (Å²) in [7, 11) is 0. The average molecular weight is 351 g/mol. The van der Waals surface area contributed by atoms with E-state index in [0.717, 1.165) is 40.5 Å². The first-order chi connectivity index (χ1) is 12.5. The van der Waals surface area contributed by atoms with Gasteiger partial charge in [-0.1, -0.05) is 77.1 Å². The van der Waals surface area contributed by atoms with E-state index in [2.05, 4.69) is 77.1 Å². The molecule has 0 radical (unpaired) electrons. The molecule has 0 N–H and O–H groups in total. The molecule has 2 heteroatoms. The molecule has 3 rings (SSSR count). The van der Waals surface area contributed by atoms with Gasteiger partial charge in [0.25, 0.3) is 0 Å². The minimum Gasteiger partial charge on any atom is -0.492 e. The number of fused-ring (bicyclic) bond motifs is 2. The Kier molecular flexibility index (Phi) is 5.41. The molecule has 0 aliphatic carbocycles. The standard InChI is InChI=1S/C24H30O2/c1-6-15-25-22-17-11-8-9-12-18(17)23(26-16-7-2)21-19(22)13-10-14-20(21)24(3,4)5/h8-14H,6-7,15-16H2,1-5H3. The smallest absolute Gasteiger partial charge is 0.135 e. The Morgan fingerprint density at radius 3 is 1.81 bits per heavy atom. The van der Waals surface area contributed by atoms with Gasteiger partial charge in [-0.3, -0.25) is 0 Å². The van der Waals surface area contributed by atoms with E-state index in [1.165, 1.54) is 10.9 Å². The summed E-state index contributed by atoms with van der Waals surface area (Å²) in [6.45, 7) is 12.5. The second-order valence-corrected chi connectivity index (χ2v) is 7.88. The second kappa shape index (κ2) is 7.57. The topological polar surface area (TPSA) is 18.5 Å². The van der Waals surface area contributed by atoms with Gasteiger partial charge in [0.1, 0.15) is 11.5 Å². The normalized spacial score (nSPS) is 11.9. The molecule has 2 nitrogen and oxygen atoms in total. The van der Waals surface area contributed by atoms with Crippen LogP contribution in [0.5, 0.6) is 11.5 Å². The van der Waals surface area contributed by atoms with Gasteiger partial charge in [0.15, 0.2) is 0 Å². The van der Waals surface area contributed by atoms with Crippen molar-refractivity contribution in [2.75, 3.05) is 13.2 Å². The Balaban J connectivity index is 2.46. The molecule has 138 valence electrons. The fourth-order valence-electron chi connectivity index (χ4n) is 3.48. The molecule has 0 aliphatic rings. The Morgan fingerprint density at radius 1 is 0.692 bits per heavy atom. The SMILES string of the molecule is CCCOc1c2ccccc2c(OCCC)c2c(C(C)(C)C)cccc12. The third-order valence-corrected chi connectivity index (χ3v) is 4.66. The van der Waals surface area contributed by atoms with Crippen LogP contribution < -0.4 is 9.47 Å². The maximum atomic E-state index is 6.32. The third-order valence-electron chi connectivity index (χ3n) is 4.66. The van der Waals surface area contributed by atoms with Gasteiger partial charge in [0, 0.05) is 21.5 Å². The maximum Gasteiger partial charge on any atom is 0.135 e. The first-order valence-electron chi connectivity index (χ1n) is 9.72. The number of ether oxygens (including phenoxy) is 2. The van der Waals surface area contributed by atoms with E-state index in [1.807, 2.05) is 0 Å². The molecule has 3 aromatic rings. The van der Waals surface area contributed by atoms with E-state index < -0.39 is 0 Å². The summed E-state index contributed by atoms with van der Waals surface area (Å²) < 4.78 is 12.6. The van der Waals surface area contributed by atoms with Gasteiger partial charge in [-0.05, 0) is 23.8 Å². The number of benzene rings is 3. The Bertz CT molecular complexity index is 903. The molecule has 0 atom stereocenters. The predicted octanol–water partition coefficient (Wildman–Crippen LogP) is 6.87. The first-order valence-corrected chi connectivity index (χ1v) is 9.72. The van der Waals surface area contributed by atoms with Crippen LogP contribution in [0.3, 0.4) is 0 Å². The van der Waals surface area contributed by atoms with Crippen molar-refractivity contribution in [3.05, 3.63) is 48.0 Å². The van der Waals surface area contributed by atoms with Crippen LogP contribution in [0.4, 0.5) is 0 Å². The summed E-state index contributed by atoms with van der Waals surface area (Å²) >= 11 is 0. The average Bonchev–Trinajstić information content (AvgIpc) is 2.63. The molecule has 0 amide bonds.